The first-order valence-corrected chi connectivity index (χ1v) is 13.9. The van der Waals surface area contributed by atoms with E-state index < -0.39 is 0 Å². The number of hydrogen-bond donors (Lipinski definition) is 2. The summed E-state index contributed by atoms with van der Waals surface area (Å²) in [5.41, 5.74) is 4.01. The first-order chi connectivity index (χ1) is 18.9. The molecule has 2 aromatic heterocycles. The molecule has 0 bridgehead atoms. The van der Waals surface area contributed by atoms with E-state index in [9.17, 15) is 4.79 Å². The number of anilines is 2. The molecule has 0 spiro atoms. The Morgan fingerprint density at radius 3 is 2.67 bits per heavy atom. The molecule has 39 heavy (non-hydrogen) atoms. The van der Waals surface area contributed by atoms with E-state index in [0.717, 1.165) is 46.4 Å². The van der Waals surface area contributed by atoms with Crippen molar-refractivity contribution in [3.8, 4) is 17.2 Å². The van der Waals surface area contributed by atoms with Crippen LogP contribution in [0.25, 0.3) is 11.0 Å². The van der Waals surface area contributed by atoms with Crippen LogP contribution in [0.15, 0.2) is 53.1 Å². The Kier molecular flexibility index (Phi) is 8.33. The van der Waals surface area contributed by atoms with Gasteiger partial charge in [0.05, 0.1) is 18.1 Å². The van der Waals surface area contributed by atoms with Crippen molar-refractivity contribution in [2.45, 2.75) is 26.2 Å². The van der Waals surface area contributed by atoms with E-state index in [1.807, 2.05) is 42.8 Å². The van der Waals surface area contributed by atoms with E-state index in [0.29, 0.717) is 35.4 Å². The van der Waals surface area contributed by atoms with Crippen molar-refractivity contribution >= 4 is 44.5 Å². The third-order valence-electron chi connectivity index (χ3n) is 6.93. The maximum Gasteiger partial charge on any atom is 0.270 e. The fraction of sp³-hybridized carbons (Fsp3) is 0.345. The normalized spacial score (nSPS) is 13.8. The number of benzene rings is 2. The molecular formula is C29H33BrN6O3. The van der Waals surface area contributed by atoms with Gasteiger partial charge in [-0.2, -0.15) is 0 Å². The maximum atomic E-state index is 12.7. The second-order valence-corrected chi connectivity index (χ2v) is 10.6. The molecule has 1 saturated heterocycles. The molecule has 3 heterocycles. The molecule has 9 nitrogen and oxygen atoms in total. The number of nitrogens with zero attached hydrogens (tertiary/aromatic N) is 4. The minimum Gasteiger partial charge on any atom is -0.493 e. The lowest BCUT2D eigenvalue weighted by Gasteiger charge is -2.26. The number of amides is 1. The molecule has 0 saturated carbocycles. The van der Waals surface area contributed by atoms with Crippen molar-refractivity contribution in [1.82, 2.24) is 24.8 Å². The maximum absolute atomic E-state index is 12.7. The highest BCUT2D eigenvalue weighted by atomic mass is 79.9. The van der Waals surface area contributed by atoms with Crippen molar-refractivity contribution < 1.29 is 14.3 Å². The standard InChI is InChI=1S/C29H33BrN6O3/c1-19-15-20(7-8-22(19)30)33-29-34-23-17-27(26(38-3)18-25(23)35(29)2)39-21-9-10-31-24(16-21)28(37)32-11-14-36-12-5-4-6-13-36/h7-10,15-18H,4-6,11-14H2,1-3H3,(H,32,37)(H,33,34). The second-order valence-electron chi connectivity index (χ2n) is 9.71. The molecule has 4 aromatic rings. The van der Waals surface area contributed by atoms with Crippen molar-refractivity contribution in [2.75, 3.05) is 38.6 Å². The van der Waals surface area contributed by atoms with Gasteiger partial charge >= 0.3 is 0 Å². The van der Waals surface area contributed by atoms with E-state index >= 15 is 0 Å². The van der Waals surface area contributed by atoms with Crippen LogP contribution in [-0.2, 0) is 7.05 Å². The quantitative estimate of drug-likeness (QED) is 0.254. The number of methoxy groups -OCH3 is 1. The summed E-state index contributed by atoms with van der Waals surface area (Å²) in [5.74, 6) is 2.02. The van der Waals surface area contributed by atoms with Crippen LogP contribution >= 0.6 is 15.9 Å². The Bertz CT molecular complexity index is 1480. The molecular weight excluding hydrogens is 560 g/mol. The number of hydrogen-bond acceptors (Lipinski definition) is 7. The SMILES string of the molecule is COc1cc2c(cc1Oc1ccnc(C(=O)NCCN3CCCCC3)c1)nc(Nc1ccc(Br)c(C)c1)n2C. The zero-order valence-corrected chi connectivity index (χ0v) is 24.0. The van der Waals surface area contributed by atoms with Crippen molar-refractivity contribution in [3.05, 3.63) is 64.4 Å². The molecule has 0 radical (unpaired) electrons. The molecule has 5 rings (SSSR count). The summed E-state index contributed by atoms with van der Waals surface area (Å²) in [7, 11) is 3.55. The molecule has 10 heteroatoms. The first kappa shape index (κ1) is 27.0. The van der Waals surface area contributed by atoms with Gasteiger partial charge in [-0.3, -0.25) is 9.78 Å². The summed E-state index contributed by atoms with van der Waals surface area (Å²) >= 11 is 3.54. The number of pyridine rings is 1. The average Bonchev–Trinajstić information content (AvgIpc) is 3.24. The van der Waals surface area contributed by atoms with Gasteiger partial charge in [0.15, 0.2) is 11.5 Å². The lowest BCUT2D eigenvalue weighted by molar-refractivity contribution is 0.0941. The third-order valence-corrected chi connectivity index (χ3v) is 7.82. The topological polar surface area (TPSA) is 93.5 Å². The Hall–Kier alpha value is -3.63. The van der Waals surface area contributed by atoms with Crippen LogP contribution in [0.2, 0.25) is 0 Å². The first-order valence-electron chi connectivity index (χ1n) is 13.1. The number of nitrogens with one attached hydrogen (secondary N) is 2. The van der Waals surface area contributed by atoms with Gasteiger partial charge in [0.25, 0.3) is 5.91 Å². The van der Waals surface area contributed by atoms with Gasteiger partial charge in [-0.1, -0.05) is 22.4 Å². The predicted octanol–water partition coefficient (Wildman–Crippen LogP) is 5.80. The minimum atomic E-state index is -0.219. The number of piperidine rings is 1. The molecule has 2 N–H and O–H groups in total. The van der Waals surface area contributed by atoms with Crippen LogP contribution in [0, 0.1) is 6.92 Å². The molecule has 0 aliphatic carbocycles. The Labute approximate surface area is 236 Å². The van der Waals surface area contributed by atoms with Crippen LogP contribution in [-0.4, -0.2) is 58.6 Å². The average molecular weight is 594 g/mol. The van der Waals surface area contributed by atoms with E-state index in [1.165, 1.54) is 19.3 Å². The number of ether oxygens (including phenoxy) is 2. The van der Waals surface area contributed by atoms with Gasteiger partial charge in [0, 0.05) is 54.7 Å². The fourth-order valence-electron chi connectivity index (χ4n) is 4.73. The van der Waals surface area contributed by atoms with Crippen LogP contribution in [0.4, 0.5) is 11.6 Å². The summed E-state index contributed by atoms with van der Waals surface area (Å²) in [4.78, 5) is 24.1. The predicted molar refractivity (Wildman–Crippen MR) is 156 cm³/mol. The van der Waals surface area contributed by atoms with E-state index in [-0.39, 0.29) is 5.91 Å². The Morgan fingerprint density at radius 1 is 1.08 bits per heavy atom. The number of fused-ring (bicyclic) bond motifs is 1. The van der Waals surface area contributed by atoms with Gasteiger partial charge < -0.3 is 29.6 Å². The number of carbonyl (C=O) groups excluding carboxylic acids is 1. The number of rotatable bonds is 9. The van der Waals surface area contributed by atoms with Crippen LogP contribution < -0.4 is 20.1 Å². The van der Waals surface area contributed by atoms with Crippen molar-refractivity contribution in [2.24, 2.45) is 7.05 Å². The highest BCUT2D eigenvalue weighted by Gasteiger charge is 2.16. The summed E-state index contributed by atoms with van der Waals surface area (Å²) in [6.45, 7) is 5.68. The molecule has 204 valence electrons. The summed E-state index contributed by atoms with van der Waals surface area (Å²) in [6, 6.07) is 13.2. The van der Waals surface area contributed by atoms with Crippen molar-refractivity contribution in [1.29, 1.82) is 0 Å². The van der Waals surface area contributed by atoms with Gasteiger partial charge in [-0.05, 0) is 62.7 Å². The molecule has 1 fully saturated rings. The zero-order valence-electron chi connectivity index (χ0n) is 22.5. The number of aromatic nitrogens is 3. The number of halogens is 1. The lowest BCUT2D eigenvalue weighted by atomic mass is 10.1. The van der Waals surface area contributed by atoms with Crippen LogP contribution in [0.5, 0.6) is 17.2 Å². The van der Waals surface area contributed by atoms with E-state index in [2.05, 4.69) is 42.5 Å². The molecule has 2 aromatic carbocycles. The zero-order chi connectivity index (χ0) is 27.4. The van der Waals surface area contributed by atoms with Gasteiger partial charge in [0.2, 0.25) is 5.95 Å². The van der Waals surface area contributed by atoms with Gasteiger partial charge in [0.1, 0.15) is 11.4 Å². The Morgan fingerprint density at radius 2 is 1.90 bits per heavy atom. The van der Waals surface area contributed by atoms with Crippen LogP contribution in [0.3, 0.4) is 0 Å². The molecule has 1 aliphatic rings. The molecule has 1 amide bonds. The Balaban J connectivity index is 1.31. The number of aryl methyl sites for hydroxylation is 2. The van der Waals surface area contributed by atoms with E-state index in [1.54, 1.807) is 25.4 Å². The van der Waals surface area contributed by atoms with Gasteiger partial charge in [-0.15, -0.1) is 0 Å². The highest BCUT2D eigenvalue weighted by Crippen LogP contribution is 2.36. The largest absolute Gasteiger partial charge is 0.493 e. The van der Waals surface area contributed by atoms with Crippen molar-refractivity contribution in [3.63, 3.8) is 0 Å². The highest BCUT2D eigenvalue weighted by molar-refractivity contribution is 9.10. The van der Waals surface area contributed by atoms with E-state index in [4.69, 9.17) is 14.5 Å². The summed E-state index contributed by atoms with van der Waals surface area (Å²) in [5, 5.41) is 6.36. The van der Waals surface area contributed by atoms with Gasteiger partial charge in [-0.25, -0.2) is 4.98 Å². The molecule has 1 aliphatic heterocycles. The second kappa shape index (κ2) is 12.0. The van der Waals surface area contributed by atoms with Crippen LogP contribution in [0.1, 0.15) is 35.3 Å². The minimum absolute atomic E-state index is 0.219. The number of carbonyl (C=O) groups is 1. The monoisotopic (exact) mass is 592 g/mol. The number of imidazole rings is 1. The fourth-order valence-corrected chi connectivity index (χ4v) is 4.98. The lowest BCUT2D eigenvalue weighted by Crippen LogP contribution is -2.37. The number of likely N-dealkylation sites (tertiary alicyclic amines) is 1. The molecule has 0 atom stereocenters. The third kappa shape index (κ3) is 6.34. The summed E-state index contributed by atoms with van der Waals surface area (Å²) in [6.07, 6.45) is 5.32. The smallest absolute Gasteiger partial charge is 0.270 e. The summed E-state index contributed by atoms with van der Waals surface area (Å²) < 4.78 is 14.8. The molecule has 0 unspecified atom stereocenters.